The fourth-order valence-corrected chi connectivity index (χ4v) is 3.80. The summed E-state index contributed by atoms with van der Waals surface area (Å²) in [5.74, 6) is 1.86. The molecule has 0 heterocycles. The van der Waals surface area contributed by atoms with Gasteiger partial charge in [0.05, 0.1) is 13.2 Å². The molecule has 0 unspecified atom stereocenters. The molecule has 3 nitrogen and oxygen atoms in total. The highest BCUT2D eigenvalue weighted by Crippen LogP contribution is 2.23. The molecule has 2 rings (SSSR count). The molecular formula is C30H48O3. The van der Waals surface area contributed by atoms with Crippen LogP contribution in [-0.2, 0) is 12.8 Å². The zero-order valence-corrected chi connectivity index (χ0v) is 21.2. The first kappa shape index (κ1) is 29.2. The Kier molecular flexibility index (Phi) is 18.4. The number of aliphatic hydroxyl groups excluding tert-OH is 2. The summed E-state index contributed by atoms with van der Waals surface area (Å²) in [4.78, 5) is 0. The van der Waals surface area contributed by atoms with E-state index in [0.717, 1.165) is 11.5 Å². The molecule has 2 aromatic rings. The molecule has 0 aromatic heterocycles. The molecule has 0 aliphatic rings. The van der Waals surface area contributed by atoms with Gasteiger partial charge in [-0.1, -0.05) is 102 Å². The van der Waals surface area contributed by atoms with E-state index in [1.165, 1.54) is 101 Å². The van der Waals surface area contributed by atoms with Crippen molar-refractivity contribution in [1.82, 2.24) is 0 Å². The first-order chi connectivity index (χ1) is 16.2. The van der Waals surface area contributed by atoms with Gasteiger partial charge in [0.15, 0.2) is 0 Å². The second-order valence-corrected chi connectivity index (χ2v) is 8.87. The molecule has 0 aliphatic carbocycles. The Labute approximate surface area is 203 Å². The molecule has 2 aromatic carbocycles. The van der Waals surface area contributed by atoms with Gasteiger partial charge in [0.2, 0.25) is 0 Å². The lowest BCUT2D eigenvalue weighted by molar-refractivity contribution is 0.186. The van der Waals surface area contributed by atoms with Crippen LogP contribution in [0, 0.1) is 0 Å². The van der Waals surface area contributed by atoms with Crippen LogP contribution in [0.2, 0.25) is 0 Å². The highest BCUT2D eigenvalue weighted by Gasteiger charge is 2.00. The van der Waals surface area contributed by atoms with E-state index in [0.29, 0.717) is 0 Å². The van der Waals surface area contributed by atoms with Crippen molar-refractivity contribution in [3.8, 4) is 11.5 Å². The summed E-state index contributed by atoms with van der Waals surface area (Å²) in [6.07, 6.45) is 18.6. The van der Waals surface area contributed by atoms with Crippen molar-refractivity contribution in [2.24, 2.45) is 0 Å². The Morgan fingerprint density at radius 3 is 1.15 bits per heavy atom. The van der Waals surface area contributed by atoms with Crippen LogP contribution in [0.1, 0.15) is 102 Å². The van der Waals surface area contributed by atoms with E-state index in [-0.39, 0.29) is 13.2 Å². The van der Waals surface area contributed by atoms with Crippen LogP contribution in [0.5, 0.6) is 11.5 Å². The predicted octanol–water partition coefficient (Wildman–Crippen LogP) is 8.26. The molecule has 0 fully saturated rings. The van der Waals surface area contributed by atoms with E-state index >= 15 is 0 Å². The van der Waals surface area contributed by atoms with Gasteiger partial charge in [-0.3, -0.25) is 0 Å². The Bertz CT molecular complexity index is 604. The Hall–Kier alpha value is -1.84. The quantitative estimate of drug-likeness (QED) is 0.236. The molecule has 0 spiro atoms. The monoisotopic (exact) mass is 456 g/mol. The first-order valence-electron chi connectivity index (χ1n) is 13.3. The number of benzene rings is 2. The number of ether oxygens (including phenoxy) is 1. The van der Waals surface area contributed by atoms with Gasteiger partial charge in [-0.25, -0.2) is 0 Å². The number of hydrogen-bond acceptors (Lipinski definition) is 3. The van der Waals surface area contributed by atoms with Crippen LogP contribution in [0.3, 0.4) is 0 Å². The summed E-state index contributed by atoms with van der Waals surface area (Å²) in [5, 5.41) is 15.2. The third-order valence-corrected chi connectivity index (χ3v) is 5.82. The minimum Gasteiger partial charge on any atom is -0.457 e. The van der Waals surface area contributed by atoms with Gasteiger partial charge < -0.3 is 14.9 Å². The second kappa shape index (κ2) is 20.7. The molecule has 0 bridgehead atoms. The van der Waals surface area contributed by atoms with Crippen molar-refractivity contribution in [2.75, 3.05) is 13.2 Å². The smallest absolute Gasteiger partial charge is 0.127 e. The lowest BCUT2D eigenvalue weighted by atomic mass is 10.0. The van der Waals surface area contributed by atoms with Gasteiger partial charge >= 0.3 is 0 Å². The molecule has 0 saturated carbocycles. The standard InChI is InChI=1S/C28H42O.C2H6O2/c1-3-5-7-9-11-13-15-25-17-21-27(22-18-25)29-28-23-19-26(20-24-28)16-14-12-10-8-6-4-2;3-1-2-4/h17-24H,3-16H2,1-2H3;3-4H,1-2H2. The molecule has 0 radical (unpaired) electrons. The van der Waals surface area contributed by atoms with Crippen LogP contribution >= 0.6 is 0 Å². The fraction of sp³-hybridized carbons (Fsp3) is 0.600. The van der Waals surface area contributed by atoms with Crippen molar-refractivity contribution in [3.05, 3.63) is 59.7 Å². The van der Waals surface area contributed by atoms with Crippen LogP contribution in [0.25, 0.3) is 0 Å². The molecule has 0 atom stereocenters. The van der Waals surface area contributed by atoms with E-state index in [9.17, 15) is 0 Å². The fourth-order valence-electron chi connectivity index (χ4n) is 3.80. The minimum atomic E-state index is -0.125. The lowest BCUT2D eigenvalue weighted by Crippen LogP contribution is -1.89. The van der Waals surface area contributed by atoms with Crippen molar-refractivity contribution < 1.29 is 14.9 Å². The number of aryl methyl sites for hydroxylation is 2. The normalized spacial score (nSPS) is 10.5. The molecule has 3 heteroatoms. The number of aliphatic hydroxyl groups is 2. The SMILES string of the molecule is CCCCCCCCc1ccc(Oc2ccc(CCCCCCCC)cc2)cc1.OCCO. The van der Waals surface area contributed by atoms with E-state index in [2.05, 4.69) is 62.4 Å². The molecule has 2 N–H and O–H groups in total. The van der Waals surface area contributed by atoms with E-state index in [4.69, 9.17) is 14.9 Å². The van der Waals surface area contributed by atoms with Gasteiger partial charge in [0, 0.05) is 0 Å². The zero-order valence-electron chi connectivity index (χ0n) is 21.2. The molecule has 33 heavy (non-hydrogen) atoms. The van der Waals surface area contributed by atoms with Gasteiger partial charge in [0.25, 0.3) is 0 Å². The average Bonchev–Trinajstić information content (AvgIpc) is 2.85. The largest absolute Gasteiger partial charge is 0.457 e. The van der Waals surface area contributed by atoms with Gasteiger partial charge in [0.1, 0.15) is 11.5 Å². The summed E-state index contributed by atoms with van der Waals surface area (Å²) in [5.41, 5.74) is 2.84. The second-order valence-electron chi connectivity index (χ2n) is 8.87. The Morgan fingerprint density at radius 2 is 0.818 bits per heavy atom. The highest BCUT2D eigenvalue weighted by atomic mass is 16.5. The lowest BCUT2D eigenvalue weighted by Gasteiger charge is -2.08. The summed E-state index contributed by atoms with van der Waals surface area (Å²) in [6, 6.07) is 17.3. The topological polar surface area (TPSA) is 49.7 Å². The number of unbranched alkanes of at least 4 members (excludes halogenated alkanes) is 10. The summed E-state index contributed by atoms with van der Waals surface area (Å²) < 4.78 is 6.03. The zero-order chi connectivity index (χ0) is 24.0. The third kappa shape index (κ3) is 15.6. The molecule has 186 valence electrons. The van der Waals surface area contributed by atoms with Crippen LogP contribution in [0.4, 0.5) is 0 Å². The molecule has 0 saturated heterocycles. The first-order valence-corrected chi connectivity index (χ1v) is 13.3. The summed E-state index contributed by atoms with van der Waals surface area (Å²) >= 11 is 0. The van der Waals surface area contributed by atoms with Crippen molar-refractivity contribution in [2.45, 2.75) is 104 Å². The minimum absolute atomic E-state index is 0.125. The Morgan fingerprint density at radius 1 is 0.485 bits per heavy atom. The molecule has 0 amide bonds. The maximum atomic E-state index is 7.62. The van der Waals surface area contributed by atoms with Crippen LogP contribution in [0.15, 0.2) is 48.5 Å². The van der Waals surface area contributed by atoms with Gasteiger partial charge in [-0.05, 0) is 61.1 Å². The van der Waals surface area contributed by atoms with E-state index in [1.54, 1.807) is 0 Å². The van der Waals surface area contributed by atoms with Crippen LogP contribution in [-0.4, -0.2) is 23.4 Å². The number of rotatable bonds is 17. The number of hydrogen-bond donors (Lipinski definition) is 2. The van der Waals surface area contributed by atoms with E-state index < -0.39 is 0 Å². The van der Waals surface area contributed by atoms with Gasteiger partial charge in [-0.2, -0.15) is 0 Å². The molecular weight excluding hydrogens is 408 g/mol. The third-order valence-electron chi connectivity index (χ3n) is 5.82. The van der Waals surface area contributed by atoms with Crippen molar-refractivity contribution in [3.63, 3.8) is 0 Å². The average molecular weight is 457 g/mol. The molecule has 0 aliphatic heterocycles. The van der Waals surface area contributed by atoms with Crippen LogP contribution < -0.4 is 4.74 Å². The van der Waals surface area contributed by atoms with Gasteiger partial charge in [-0.15, -0.1) is 0 Å². The Balaban J connectivity index is 0.00000125. The van der Waals surface area contributed by atoms with E-state index in [1.807, 2.05) is 0 Å². The highest BCUT2D eigenvalue weighted by molar-refractivity contribution is 5.34. The van der Waals surface area contributed by atoms with Crippen molar-refractivity contribution in [1.29, 1.82) is 0 Å². The summed E-state index contributed by atoms with van der Waals surface area (Å²) in [7, 11) is 0. The van der Waals surface area contributed by atoms with Crippen molar-refractivity contribution >= 4 is 0 Å². The maximum absolute atomic E-state index is 7.62. The maximum Gasteiger partial charge on any atom is 0.127 e. The predicted molar refractivity (Wildman–Crippen MR) is 141 cm³/mol. The summed E-state index contributed by atoms with van der Waals surface area (Å²) in [6.45, 7) is 4.29.